The predicted molar refractivity (Wildman–Crippen MR) is 62.2 cm³/mol. The van der Waals surface area contributed by atoms with Crippen LogP contribution in [0.2, 0.25) is 0 Å². The summed E-state index contributed by atoms with van der Waals surface area (Å²) in [7, 11) is 0. The Labute approximate surface area is 100 Å². The molecular weight excluding hydrogens is 276 g/mol. The lowest BCUT2D eigenvalue weighted by Crippen LogP contribution is -1.94. The zero-order valence-electron chi connectivity index (χ0n) is 8.25. The Kier molecular flexibility index (Phi) is 3.29. The normalized spacial score (nSPS) is 10.4. The zero-order chi connectivity index (χ0) is 11.5. The minimum Gasteiger partial charge on any atom is -0.228 e. The van der Waals surface area contributed by atoms with Crippen molar-refractivity contribution in [3.8, 4) is 11.1 Å². The van der Waals surface area contributed by atoms with Gasteiger partial charge in [-0.15, -0.1) is 0 Å². The van der Waals surface area contributed by atoms with E-state index in [4.69, 9.17) is 0 Å². The molecule has 0 aliphatic rings. The van der Waals surface area contributed by atoms with Gasteiger partial charge in [-0.25, -0.2) is 9.37 Å². The molecule has 0 amide bonds. The standard InChI is InChI=1S/C12H8BrF2N/c13-7-9-5-6-16-12(15)11(9)8-1-3-10(14)4-2-8/h1-6H,7H2. The minimum atomic E-state index is -0.538. The van der Waals surface area contributed by atoms with Crippen molar-refractivity contribution < 1.29 is 8.78 Å². The van der Waals surface area contributed by atoms with Gasteiger partial charge in [-0.3, -0.25) is 0 Å². The van der Waals surface area contributed by atoms with Crippen molar-refractivity contribution in [2.75, 3.05) is 0 Å². The molecule has 4 heteroatoms. The van der Waals surface area contributed by atoms with E-state index in [2.05, 4.69) is 20.9 Å². The van der Waals surface area contributed by atoms with Gasteiger partial charge in [0.05, 0.1) is 0 Å². The van der Waals surface area contributed by atoms with Crippen molar-refractivity contribution >= 4 is 15.9 Å². The molecule has 1 aromatic heterocycles. The molecule has 0 unspecified atom stereocenters. The van der Waals surface area contributed by atoms with Crippen molar-refractivity contribution in [1.82, 2.24) is 4.98 Å². The van der Waals surface area contributed by atoms with Crippen LogP contribution in [0.5, 0.6) is 0 Å². The van der Waals surface area contributed by atoms with E-state index in [1.807, 2.05) is 0 Å². The first kappa shape index (κ1) is 11.2. The number of aromatic nitrogens is 1. The fraction of sp³-hybridized carbons (Fsp3) is 0.0833. The smallest absolute Gasteiger partial charge is 0.221 e. The lowest BCUT2D eigenvalue weighted by atomic mass is 10.0. The molecule has 0 fully saturated rings. The van der Waals surface area contributed by atoms with Gasteiger partial charge in [0.2, 0.25) is 5.95 Å². The van der Waals surface area contributed by atoms with Gasteiger partial charge in [-0.1, -0.05) is 28.1 Å². The first-order valence-electron chi connectivity index (χ1n) is 4.67. The molecule has 0 atom stereocenters. The molecule has 0 aliphatic carbocycles. The number of benzene rings is 1. The van der Waals surface area contributed by atoms with Crippen LogP contribution in [-0.2, 0) is 5.33 Å². The molecule has 0 bridgehead atoms. The molecule has 16 heavy (non-hydrogen) atoms. The van der Waals surface area contributed by atoms with Gasteiger partial charge in [0, 0.05) is 17.1 Å². The molecule has 82 valence electrons. The Morgan fingerprint density at radius 2 is 1.75 bits per heavy atom. The van der Waals surface area contributed by atoms with E-state index in [0.29, 0.717) is 16.5 Å². The van der Waals surface area contributed by atoms with Gasteiger partial charge in [-0.2, -0.15) is 4.39 Å². The Morgan fingerprint density at radius 1 is 1.06 bits per heavy atom. The van der Waals surface area contributed by atoms with Gasteiger partial charge in [0.25, 0.3) is 0 Å². The Morgan fingerprint density at radius 3 is 2.38 bits per heavy atom. The van der Waals surface area contributed by atoms with Crippen LogP contribution in [0, 0.1) is 11.8 Å². The van der Waals surface area contributed by atoms with Crippen molar-refractivity contribution in [1.29, 1.82) is 0 Å². The summed E-state index contributed by atoms with van der Waals surface area (Å²) in [5.41, 5.74) is 1.83. The van der Waals surface area contributed by atoms with Crippen molar-refractivity contribution in [3.05, 3.63) is 53.9 Å². The summed E-state index contributed by atoms with van der Waals surface area (Å²) in [6.45, 7) is 0. The van der Waals surface area contributed by atoms with Gasteiger partial charge in [0.1, 0.15) is 5.82 Å². The van der Waals surface area contributed by atoms with Gasteiger partial charge >= 0.3 is 0 Å². The minimum absolute atomic E-state index is 0.339. The monoisotopic (exact) mass is 283 g/mol. The van der Waals surface area contributed by atoms with E-state index in [0.717, 1.165) is 5.56 Å². The number of alkyl halides is 1. The third kappa shape index (κ3) is 2.11. The lowest BCUT2D eigenvalue weighted by molar-refractivity contribution is 0.586. The van der Waals surface area contributed by atoms with Crippen molar-refractivity contribution in [2.45, 2.75) is 5.33 Å². The van der Waals surface area contributed by atoms with Crippen LogP contribution in [0.15, 0.2) is 36.5 Å². The van der Waals surface area contributed by atoms with E-state index in [1.54, 1.807) is 18.2 Å². The lowest BCUT2D eigenvalue weighted by Gasteiger charge is -2.07. The highest BCUT2D eigenvalue weighted by atomic mass is 79.9. The Bertz CT molecular complexity index is 497. The number of hydrogen-bond donors (Lipinski definition) is 0. The second kappa shape index (κ2) is 4.70. The van der Waals surface area contributed by atoms with E-state index in [-0.39, 0.29) is 5.82 Å². The highest BCUT2D eigenvalue weighted by Gasteiger charge is 2.10. The number of halogens is 3. The Balaban J connectivity index is 2.58. The average molecular weight is 284 g/mol. The van der Waals surface area contributed by atoms with Crippen LogP contribution >= 0.6 is 15.9 Å². The first-order chi connectivity index (χ1) is 7.72. The predicted octanol–water partition coefficient (Wildman–Crippen LogP) is 3.92. The summed E-state index contributed by atoms with van der Waals surface area (Å²) in [4.78, 5) is 3.61. The quantitative estimate of drug-likeness (QED) is 0.601. The molecule has 0 saturated heterocycles. The summed E-state index contributed by atoms with van der Waals surface area (Å²) in [6, 6.07) is 7.43. The van der Waals surface area contributed by atoms with Crippen LogP contribution < -0.4 is 0 Å². The third-order valence-electron chi connectivity index (χ3n) is 2.27. The van der Waals surface area contributed by atoms with Crippen molar-refractivity contribution in [2.24, 2.45) is 0 Å². The molecule has 0 N–H and O–H groups in total. The maximum absolute atomic E-state index is 13.6. The largest absolute Gasteiger partial charge is 0.228 e. The first-order valence-corrected chi connectivity index (χ1v) is 5.80. The van der Waals surface area contributed by atoms with Gasteiger partial charge < -0.3 is 0 Å². The second-order valence-electron chi connectivity index (χ2n) is 3.28. The van der Waals surface area contributed by atoms with E-state index in [9.17, 15) is 8.78 Å². The molecule has 2 aromatic rings. The summed E-state index contributed by atoms with van der Waals surface area (Å²) < 4.78 is 26.4. The topological polar surface area (TPSA) is 12.9 Å². The molecule has 1 aromatic carbocycles. The summed E-state index contributed by atoms with van der Waals surface area (Å²) in [5, 5.41) is 0.527. The van der Waals surface area contributed by atoms with Crippen LogP contribution in [0.25, 0.3) is 11.1 Å². The number of rotatable bonds is 2. The van der Waals surface area contributed by atoms with Crippen molar-refractivity contribution in [3.63, 3.8) is 0 Å². The molecule has 1 nitrogen and oxygen atoms in total. The van der Waals surface area contributed by atoms with Crippen LogP contribution in [0.3, 0.4) is 0 Å². The van der Waals surface area contributed by atoms with Gasteiger partial charge in [-0.05, 0) is 29.3 Å². The summed E-state index contributed by atoms with van der Waals surface area (Å²) >= 11 is 3.29. The van der Waals surface area contributed by atoms with E-state index >= 15 is 0 Å². The fourth-order valence-corrected chi connectivity index (χ4v) is 1.97. The van der Waals surface area contributed by atoms with Crippen LogP contribution in [-0.4, -0.2) is 4.98 Å². The van der Waals surface area contributed by atoms with E-state index < -0.39 is 5.95 Å². The van der Waals surface area contributed by atoms with E-state index in [1.165, 1.54) is 18.3 Å². The highest BCUT2D eigenvalue weighted by Crippen LogP contribution is 2.27. The zero-order valence-corrected chi connectivity index (χ0v) is 9.84. The maximum Gasteiger partial charge on any atom is 0.221 e. The molecule has 0 saturated carbocycles. The summed E-state index contributed by atoms with van der Waals surface area (Å²) in [5.74, 6) is -0.878. The van der Waals surface area contributed by atoms with Crippen LogP contribution in [0.4, 0.5) is 8.78 Å². The average Bonchev–Trinajstić information content (AvgIpc) is 2.30. The number of nitrogens with zero attached hydrogens (tertiary/aromatic N) is 1. The molecule has 0 aliphatic heterocycles. The number of hydrogen-bond acceptors (Lipinski definition) is 1. The molecule has 2 rings (SSSR count). The number of pyridine rings is 1. The summed E-state index contributed by atoms with van der Waals surface area (Å²) in [6.07, 6.45) is 1.42. The van der Waals surface area contributed by atoms with Crippen LogP contribution in [0.1, 0.15) is 5.56 Å². The second-order valence-corrected chi connectivity index (χ2v) is 3.84. The fourth-order valence-electron chi connectivity index (χ4n) is 1.51. The molecule has 0 spiro atoms. The molecule has 0 radical (unpaired) electrons. The highest BCUT2D eigenvalue weighted by molar-refractivity contribution is 9.08. The maximum atomic E-state index is 13.6. The SMILES string of the molecule is Fc1ccc(-c2c(CBr)ccnc2F)cc1. The third-order valence-corrected chi connectivity index (χ3v) is 2.87. The Hall–Kier alpha value is -1.29. The van der Waals surface area contributed by atoms with Gasteiger partial charge in [0.15, 0.2) is 0 Å². The molecule has 1 heterocycles. The molecular formula is C12H8BrF2N.